The Bertz CT molecular complexity index is 1110. The van der Waals surface area contributed by atoms with Gasteiger partial charge in [0, 0.05) is 29.5 Å². The second kappa shape index (κ2) is 11.3. The number of hydrogen-bond donors (Lipinski definition) is 1. The lowest BCUT2D eigenvalue weighted by molar-refractivity contribution is 0.0950. The van der Waals surface area contributed by atoms with Gasteiger partial charge in [0.15, 0.2) is 0 Å². The van der Waals surface area contributed by atoms with Crippen molar-refractivity contribution < 1.29 is 4.79 Å². The van der Waals surface area contributed by atoms with Gasteiger partial charge in [-0.15, -0.1) is 0 Å². The Morgan fingerprint density at radius 2 is 1.69 bits per heavy atom. The molecule has 0 atom stereocenters. The van der Waals surface area contributed by atoms with Crippen LogP contribution in [0.25, 0.3) is 16.9 Å². The fourth-order valence-electron chi connectivity index (χ4n) is 5.91. The van der Waals surface area contributed by atoms with Crippen LogP contribution in [0, 0.1) is 0 Å². The highest BCUT2D eigenvalue weighted by Crippen LogP contribution is 2.34. The van der Waals surface area contributed by atoms with Crippen LogP contribution in [0.15, 0.2) is 60.7 Å². The molecule has 2 aromatic carbocycles. The van der Waals surface area contributed by atoms with E-state index in [4.69, 9.17) is 0 Å². The summed E-state index contributed by atoms with van der Waals surface area (Å²) in [7, 11) is 2.24. The van der Waals surface area contributed by atoms with Crippen molar-refractivity contribution >= 4 is 5.91 Å². The standard InChI is InChI=1S/C31H39N3O/c1-33(27-14-6-3-7-15-27)22-10-21-32-31(35)25-17-19-28(20-18-25)34-29-16-9-8-13-26(29)23-30(34)24-11-4-2-5-12-24/h2,4-5,11-12,17-20,23,27H,3,6-10,13-16,21-22H2,1H3,(H,32,35). The van der Waals surface area contributed by atoms with Crippen molar-refractivity contribution in [2.75, 3.05) is 20.1 Å². The number of fused-ring (bicyclic) bond motifs is 1. The molecule has 1 amide bonds. The van der Waals surface area contributed by atoms with Crippen LogP contribution >= 0.6 is 0 Å². The molecule has 0 saturated heterocycles. The minimum Gasteiger partial charge on any atom is -0.352 e. The van der Waals surface area contributed by atoms with E-state index in [-0.39, 0.29) is 5.91 Å². The minimum absolute atomic E-state index is 0.0229. The molecule has 1 N–H and O–H groups in total. The van der Waals surface area contributed by atoms with E-state index in [1.165, 1.54) is 67.5 Å². The number of carbonyl (C=O) groups excluding carboxylic acids is 1. The summed E-state index contributed by atoms with van der Waals surface area (Å²) in [6, 6.07) is 21.9. The molecule has 184 valence electrons. The monoisotopic (exact) mass is 469 g/mol. The SMILES string of the molecule is CN(CCCNC(=O)c1ccc(-n2c(-c3ccccc3)cc3c2CCCC3)cc1)C1CCCCC1. The van der Waals surface area contributed by atoms with E-state index >= 15 is 0 Å². The summed E-state index contributed by atoms with van der Waals surface area (Å²) in [5, 5.41) is 3.13. The second-order valence-electron chi connectivity index (χ2n) is 10.3. The number of nitrogens with zero attached hydrogens (tertiary/aromatic N) is 2. The highest BCUT2D eigenvalue weighted by atomic mass is 16.1. The van der Waals surface area contributed by atoms with Gasteiger partial charge in [-0.25, -0.2) is 0 Å². The molecule has 2 aliphatic carbocycles. The molecule has 5 rings (SSSR count). The lowest BCUT2D eigenvalue weighted by atomic mass is 9.94. The number of aromatic nitrogens is 1. The number of rotatable bonds is 8. The predicted molar refractivity (Wildman–Crippen MR) is 144 cm³/mol. The summed E-state index contributed by atoms with van der Waals surface area (Å²) in [4.78, 5) is 15.3. The maximum absolute atomic E-state index is 12.8. The Labute approximate surface area is 210 Å². The van der Waals surface area contributed by atoms with Gasteiger partial charge in [-0.05, 0) is 100.0 Å². The zero-order valence-electron chi connectivity index (χ0n) is 21.1. The zero-order chi connectivity index (χ0) is 24.0. The molecular formula is C31H39N3O. The van der Waals surface area contributed by atoms with Crippen molar-refractivity contribution in [3.8, 4) is 16.9 Å². The van der Waals surface area contributed by atoms with Crippen molar-refractivity contribution in [3.63, 3.8) is 0 Å². The summed E-state index contributed by atoms with van der Waals surface area (Å²) in [6.07, 6.45) is 12.5. The molecule has 4 heteroatoms. The third-order valence-electron chi connectivity index (χ3n) is 7.93. The zero-order valence-corrected chi connectivity index (χ0v) is 21.1. The van der Waals surface area contributed by atoms with E-state index in [0.29, 0.717) is 0 Å². The first-order valence-corrected chi connectivity index (χ1v) is 13.6. The van der Waals surface area contributed by atoms with Gasteiger partial charge in [0.05, 0.1) is 5.69 Å². The van der Waals surface area contributed by atoms with Gasteiger partial charge in [-0.3, -0.25) is 4.79 Å². The highest BCUT2D eigenvalue weighted by molar-refractivity contribution is 5.94. The molecule has 1 heterocycles. The molecular weight excluding hydrogens is 430 g/mol. The average Bonchev–Trinajstić information content (AvgIpc) is 3.31. The Morgan fingerprint density at radius 1 is 0.943 bits per heavy atom. The Kier molecular flexibility index (Phi) is 7.68. The first-order chi connectivity index (χ1) is 17.2. The van der Waals surface area contributed by atoms with Crippen molar-refractivity contribution in [3.05, 3.63) is 77.5 Å². The van der Waals surface area contributed by atoms with Crippen molar-refractivity contribution in [2.24, 2.45) is 0 Å². The largest absolute Gasteiger partial charge is 0.352 e. The summed E-state index contributed by atoms with van der Waals surface area (Å²) in [5.74, 6) is 0.0229. The molecule has 0 bridgehead atoms. The van der Waals surface area contributed by atoms with E-state index in [0.717, 1.165) is 49.6 Å². The van der Waals surface area contributed by atoms with Gasteiger partial charge >= 0.3 is 0 Å². The molecule has 0 radical (unpaired) electrons. The van der Waals surface area contributed by atoms with Crippen LogP contribution in [0.1, 0.15) is 73.0 Å². The first kappa shape index (κ1) is 23.9. The molecule has 0 aliphatic heterocycles. The Hall–Kier alpha value is -2.85. The van der Waals surface area contributed by atoms with Crippen LogP contribution in [-0.4, -0.2) is 41.6 Å². The van der Waals surface area contributed by atoms with Crippen molar-refractivity contribution in [1.29, 1.82) is 0 Å². The Balaban J connectivity index is 1.24. The van der Waals surface area contributed by atoms with Gasteiger partial charge < -0.3 is 14.8 Å². The second-order valence-corrected chi connectivity index (χ2v) is 10.3. The van der Waals surface area contributed by atoms with Crippen LogP contribution < -0.4 is 5.32 Å². The van der Waals surface area contributed by atoms with Gasteiger partial charge in [0.1, 0.15) is 0 Å². The quantitative estimate of drug-likeness (QED) is 0.387. The van der Waals surface area contributed by atoms with Gasteiger partial charge in [0.2, 0.25) is 0 Å². The number of amides is 1. The molecule has 0 unspecified atom stereocenters. The van der Waals surface area contributed by atoms with Gasteiger partial charge in [-0.1, -0.05) is 49.6 Å². The van der Waals surface area contributed by atoms with E-state index in [2.05, 4.69) is 70.4 Å². The number of carbonyl (C=O) groups is 1. The fraction of sp³-hybridized carbons (Fsp3) is 0.452. The molecule has 1 saturated carbocycles. The number of nitrogens with one attached hydrogen (secondary N) is 1. The third-order valence-corrected chi connectivity index (χ3v) is 7.93. The van der Waals surface area contributed by atoms with Crippen molar-refractivity contribution in [2.45, 2.75) is 70.3 Å². The lowest BCUT2D eigenvalue weighted by Crippen LogP contribution is -2.35. The normalized spacial score (nSPS) is 16.3. The molecule has 3 aromatic rings. The van der Waals surface area contributed by atoms with E-state index in [1.807, 2.05) is 12.1 Å². The van der Waals surface area contributed by atoms with Crippen LogP contribution in [-0.2, 0) is 12.8 Å². The van der Waals surface area contributed by atoms with Crippen LogP contribution in [0.3, 0.4) is 0 Å². The maximum atomic E-state index is 12.8. The smallest absolute Gasteiger partial charge is 0.251 e. The fourth-order valence-corrected chi connectivity index (χ4v) is 5.91. The highest BCUT2D eigenvalue weighted by Gasteiger charge is 2.21. The molecule has 1 fully saturated rings. The summed E-state index contributed by atoms with van der Waals surface area (Å²) in [5.41, 5.74) is 7.25. The number of benzene rings is 2. The third kappa shape index (κ3) is 5.54. The van der Waals surface area contributed by atoms with E-state index in [1.54, 1.807) is 0 Å². The van der Waals surface area contributed by atoms with Crippen LogP contribution in [0.5, 0.6) is 0 Å². The van der Waals surface area contributed by atoms with E-state index in [9.17, 15) is 4.79 Å². The molecule has 0 spiro atoms. The summed E-state index contributed by atoms with van der Waals surface area (Å²) >= 11 is 0. The molecule has 4 nitrogen and oxygen atoms in total. The Morgan fingerprint density at radius 3 is 2.46 bits per heavy atom. The molecule has 1 aromatic heterocycles. The summed E-state index contributed by atoms with van der Waals surface area (Å²) in [6.45, 7) is 1.77. The average molecular weight is 470 g/mol. The van der Waals surface area contributed by atoms with Crippen molar-refractivity contribution in [1.82, 2.24) is 14.8 Å². The minimum atomic E-state index is 0.0229. The topological polar surface area (TPSA) is 37.3 Å². The predicted octanol–water partition coefficient (Wildman–Crippen LogP) is 6.41. The maximum Gasteiger partial charge on any atom is 0.251 e. The first-order valence-electron chi connectivity index (χ1n) is 13.6. The molecule has 2 aliphatic rings. The molecule has 35 heavy (non-hydrogen) atoms. The number of aryl methyl sites for hydroxylation is 1. The van der Waals surface area contributed by atoms with Crippen LogP contribution in [0.4, 0.5) is 0 Å². The van der Waals surface area contributed by atoms with Gasteiger partial charge in [-0.2, -0.15) is 0 Å². The summed E-state index contributed by atoms with van der Waals surface area (Å²) < 4.78 is 2.41. The van der Waals surface area contributed by atoms with E-state index < -0.39 is 0 Å². The van der Waals surface area contributed by atoms with Gasteiger partial charge in [0.25, 0.3) is 5.91 Å². The number of hydrogen-bond acceptors (Lipinski definition) is 2. The van der Waals surface area contributed by atoms with Crippen LogP contribution in [0.2, 0.25) is 0 Å². The lowest BCUT2D eigenvalue weighted by Gasteiger charge is -2.31.